The molecular formula is C17H20N4O2S. The zero-order valence-corrected chi connectivity index (χ0v) is 14.7. The van der Waals surface area contributed by atoms with Crippen molar-refractivity contribution in [2.24, 2.45) is 0 Å². The molecule has 126 valence electrons. The Morgan fingerprint density at radius 1 is 1.42 bits per heavy atom. The Balaban J connectivity index is 2.24. The number of rotatable bonds is 7. The Morgan fingerprint density at radius 2 is 2.17 bits per heavy atom. The standard InChI is InChI=1S/C17H20N4O2S/c1-3-10-21-16(23)13-7-4-5-8-14(13)19-17(21)24-12-15(22)20(2)11-6-9-18/h4-5,7-8H,3,6,10-12H2,1-2H3. The SMILES string of the molecule is CCCn1c(SCC(=O)N(C)CCC#N)nc2ccccc2c1=O. The van der Waals surface area contributed by atoms with Crippen molar-refractivity contribution in [3.63, 3.8) is 0 Å². The summed E-state index contributed by atoms with van der Waals surface area (Å²) in [5.41, 5.74) is 0.567. The molecule has 1 amide bonds. The highest BCUT2D eigenvalue weighted by Crippen LogP contribution is 2.18. The third-order valence-electron chi connectivity index (χ3n) is 3.58. The van der Waals surface area contributed by atoms with Gasteiger partial charge in [-0.25, -0.2) is 4.98 Å². The molecule has 0 atom stereocenters. The number of amides is 1. The smallest absolute Gasteiger partial charge is 0.262 e. The summed E-state index contributed by atoms with van der Waals surface area (Å²) in [5, 5.41) is 9.74. The second-order valence-electron chi connectivity index (χ2n) is 5.38. The summed E-state index contributed by atoms with van der Waals surface area (Å²) in [6, 6.07) is 9.26. The minimum atomic E-state index is -0.0827. The Bertz CT molecular complexity index is 825. The molecular weight excluding hydrogens is 324 g/mol. The lowest BCUT2D eigenvalue weighted by Gasteiger charge is -2.16. The van der Waals surface area contributed by atoms with Crippen LogP contribution in [0.3, 0.4) is 0 Å². The van der Waals surface area contributed by atoms with Crippen LogP contribution < -0.4 is 5.56 Å². The van der Waals surface area contributed by atoms with Crippen molar-refractivity contribution in [1.82, 2.24) is 14.5 Å². The van der Waals surface area contributed by atoms with Gasteiger partial charge in [0.15, 0.2) is 5.16 Å². The maximum absolute atomic E-state index is 12.6. The Hall–Kier alpha value is -2.33. The first-order valence-corrected chi connectivity index (χ1v) is 8.80. The predicted molar refractivity (Wildman–Crippen MR) is 94.9 cm³/mol. The zero-order valence-electron chi connectivity index (χ0n) is 13.9. The van der Waals surface area contributed by atoms with Gasteiger partial charge in [-0.1, -0.05) is 30.8 Å². The molecule has 0 N–H and O–H groups in total. The van der Waals surface area contributed by atoms with Crippen molar-refractivity contribution < 1.29 is 4.79 Å². The number of carbonyl (C=O) groups excluding carboxylic acids is 1. The number of nitrogens with zero attached hydrogens (tertiary/aromatic N) is 4. The van der Waals surface area contributed by atoms with Crippen LogP contribution in [0.5, 0.6) is 0 Å². The molecule has 24 heavy (non-hydrogen) atoms. The van der Waals surface area contributed by atoms with E-state index in [1.807, 2.05) is 25.1 Å². The summed E-state index contributed by atoms with van der Waals surface area (Å²) in [6.07, 6.45) is 1.12. The van der Waals surface area contributed by atoms with E-state index in [-0.39, 0.29) is 17.2 Å². The third kappa shape index (κ3) is 4.15. The maximum atomic E-state index is 12.6. The fraction of sp³-hybridized carbons (Fsp3) is 0.412. The van der Waals surface area contributed by atoms with E-state index in [9.17, 15) is 9.59 Å². The van der Waals surface area contributed by atoms with Crippen molar-refractivity contribution in [3.8, 4) is 6.07 Å². The molecule has 0 aliphatic carbocycles. The average Bonchev–Trinajstić information content (AvgIpc) is 2.60. The average molecular weight is 344 g/mol. The van der Waals surface area contributed by atoms with Gasteiger partial charge >= 0.3 is 0 Å². The fourth-order valence-corrected chi connectivity index (χ4v) is 3.22. The number of hydrogen-bond donors (Lipinski definition) is 0. The van der Waals surface area contributed by atoms with E-state index in [1.165, 1.54) is 16.7 Å². The van der Waals surface area contributed by atoms with Crippen LogP contribution in [0, 0.1) is 11.3 Å². The quantitative estimate of drug-likeness (QED) is 0.569. The highest BCUT2D eigenvalue weighted by atomic mass is 32.2. The molecule has 6 nitrogen and oxygen atoms in total. The fourth-order valence-electron chi connectivity index (χ4n) is 2.26. The van der Waals surface area contributed by atoms with Gasteiger partial charge in [0.25, 0.3) is 5.56 Å². The van der Waals surface area contributed by atoms with E-state index >= 15 is 0 Å². The summed E-state index contributed by atoms with van der Waals surface area (Å²) in [7, 11) is 1.67. The van der Waals surface area contributed by atoms with E-state index in [0.29, 0.717) is 35.6 Å². The van der Waals surface area contributed by atoms with Crippen molar-refractivity contribution in [2.45, 2.75) is 31.5 Å². The van der Waals surface area contributed by atoms with Gasteiger partial charge < -0.3 is 4.90 Å². The first-order valence-electron chi connectivity index (χ1n) is 7.81. The number of aromatic nitrogens is 2. The van der Waals surface area contributed by atoms with Crippen LogP contribution >= 0.6 is 11.8 Å². The van der Waals surface area contributed by atoms with Gasteiger partial charge in [-0.05, 0) is 18.6 Å². The monoisotopic (exact) mass is 344 g/mol. The van der Waals surface area contributed by atoms with E-state index in [0.717, 1.165) is 6.42 Å². The van der Waals surface area contributed by atoms with Crippen LogP contribution in [0.2, 0.25) is 0 Å². The predicted octanol–water partition coefficient (Wildman–Crippen LogP) is 2.27. The Labute approximate surface area is 145 Å². The topological polar surface area (TPSA) is 79.0 Å². The molecule has 2 aromatic rings. The summed E-state index contributed by atoms with van der Waals surface area (Å²) in [6.45, 7) is 2.97. The lowest BCUT2D eigenvalue weighted by molar-refractivity contribution is -0.127. The summed E-state index contributed by atoms with van der Waals surface area (Å²) < 4.78 is 1.63. The van der Waals surface area contributed by atoms with Gasteiger partial charge in [0.2, 0.25) is 5.91 Å². The van der Waals surface area contributed by atoms with Crippen LogP contribution in [-0.4, -0.2) is 39.7 Å². The van der Waals surface area contributed by atoms with Crippen LogP contribution in [0.4, 0.5) is 0 Å². The lowest BCUT2D eigenvalue weighted by Crippen LogP contribution is -2.30. The summed E-state index contributed by atoms with van der Waals surface area (Å²) in [4.78, 5) is 30.8. The molecule has 1 aromatic carbocycles. The van der Waals surface area contributed by atoms with Crippen LogP contribution in [0.1, 0.15) is 19.8 Å². The van der Waals surface area contributed by atoms with Crippen LogP contribution in [0.25, 0.3) is 10.9 Å². The molecule has 0 bridgehead atoms. The molecule has 0 saturated carbocycles. The second kappa shape index (κ2) is 8.50. The molecule has 1 aromatic heterocycles. The highest BCUT2D eigenvalue weighted by molar-refractivity contribution is 7.99. The molecule has 0 spiro atoms. The number of carbonyl (C=O) groups is 1. The minimum absolute atomic E-state index is 0.0739. The highest BCUT2D eigenvalue weighted by Gasteiger charge is 2.14. The van der Waals surface area contributed by atoms with Gasteiger partial charge in [-0.15, -0.1) is 0 Å². The third-order valence-corrected chi connectivity index (χ3v) is 4.54. The van der Waals surface area contributed by atoms with Gasteiger partial charge in [0, 0.05) is 20.1 Å². The largest absolute Gasteiger partial charge is 0.344 e. The normalized spacial score (nSPS) is 10.5. The maximum Gasteiger partial charge on any atom is 0.262 e. The lowest BCUT2D eigenvalue weighted by atomic mass is 10.2. The molecule has 0 unspecified atom stereocenters. The van der Waals surface area contributed by atoms with Crippen molar-refractivity contribution >= 4 is 28.6 Å². The summed E-state index contributed by atoms with van der Waals surface area (Å²) in [5.74, 6) is 0.108. The van der Waals surface area contributed by atoms with Crippen molar-refractivity contribution in [2.75, 3.05) is 19.3 Å². The number of fused-ring (bicyclic) bond motifs is 1. The van der Waals surface area contributed by atoms with Gasteiger partial charge in [-0.3, -0.25) is 14.2 Å². The Morgan fingerprint density at radius 3 is 2.88 bits per heavy atom. The van der Waals surface area contributed by atoms with Crippen LogP contribution in [-0.2, 0) is 11.3 Å². The van der Waals surface area contributed by atoms with E-state index in [2.05, 4.69) is 4.98 Å². The molecule has 0 saturated heterocycles. The van der Waals surface area contributed by atoms with Crippen LogP contribution in [0.15, 0.2) is 34.2 Å². The molecule has 2 rings (SSSR count). The van der Waals surface area contributed by atoms with E-state index in [4.69, 9.17) is 5.26 Å². The number of hydrogen-bond acceptors (Lipinski definition) is 5. The number of benzene rings is 1. The number of para-hydroxylation sites is 1. The Kier molecular flexibility index (Phi) is 6.38. The first kappa shape index (κ1) is 18.0. The number of thioether (sulfide) groups is 1. The molecule has 7 heteroatoms. The van der Waals surface area contributed by atoms with Crippen molar-refractivity contribution in [1.29, 1.82) is 5.26 Å². The van der Waals surface area contributed by atoms with Gasteiger partial charge in [0.1, 0.15) is 0 Å². The second-order valence-corrected chi connectivity index (χ2v) is 6.32. The zero-order chi connectivity index (χ0) is 17.5. The molecule has 0 aliphatic heterocycles. The molecule has 0 radical (unpaired) electrons. The van der Waals surface area contributed by atoms with Gasteiger partial charge in [-0.2, -0.15) is 5.26 Å². The minimum Gasteiger partial charge on any atom is -0.344 e. The molecule has 0 aliphatic rings. The molecule has 1 heterocycles. The van der Waals surface area contributed by atoms with E-state index < -0.39 is 0 Å². The molecule has 0 fully saturated rings. The van der Waals surface area contributed by atoms with Gasteiger partial charge in [0.05, 0.1) is 29.1 Å². The van der Waals surface area contributed by atoms with E-state index in [1.54, 1.807) is 23.7 Å². The number of nitriles is 1. The first-order chi connectivity index (χ1) is 11.6. The summed E-state index contributed by atoms with van der Waals surface area (Å²) >= 11 is 1.26. The van der Waals surface area contributed by atoms with Crippen molar-refractivity contribution in [3.05, 3.63) is 34.6 Å².